The molecule has 1 saturated heterocycles. The lowest BCUT2D eigenvalue weighted by Gasteiger charge is -2.23. The molecule has 1 aliphatic rings. The molecule has 1 heterocycles. The first-order chi connectivity index (χ1) is 12.5. The number of hydrogen-bond donors (Lipinski definition) is 2. The van der Waals surface area contributed by atoms with Crippen LogP contribution in [0.15, 0.2) is 42.5 Å². The molecule has 0 aliphatic carbocycles. The number of halogens is 1. The molecule has 0 spiro atoms. The van der Waals surface area contributed by atoms with Crippen LogP contribution in [0, 0.1) is 0 Å². The molecule has 136 valence electrons. The Hall–Kier alpha value is -2.37. The topological polar surface area (TPSA) is 69.6 Å². The van der Waals surface area contributed by atoms with E-state index in [4.69, 9.17) is 11.6 Å². The largest absolute Gasteiger partial charge is 0.394 e. The average Bonchev–Trinajstić information content (AvgIpc) is 3.16. The van der Waals surface area contributed by atoms with Crippen LogP contribution >= 0.6 is 11.6 Å². The predicted molar refractivity (Wildman–Crippen MR) is 101 cm³/mol. The Labute approximate surface area is 157 Å². The van der Waals surface area contributed by atoms with Crippen LogP contribution in [0.1, 0.15) is 33.6 Å². The number of likely N-dealkylation sites (tertiary alicyclic amines) is 1. The number of aliphatic hydroxyl groups is 1. The Morgan fingerprint density at radius 1 is 1.23 bits per heavy atom. The summed E-state index contributed by atoms with van der Waals surface area (Å²) >= 11 is 6.11. The van der Waals surface area contributed by atoms with Gasteiger partial charge < -0.3 is 15.3 Å². The van der Waals surface area contributed by atoms with E-state index in [1.807, 2.05) is 24.3 Å². The maximum atomic E-state index is 12.8. The first-order valence-corrected chi connectivity index (χ1v) is 8.97. The summed E-state index contributed by atoms with van der Waals surface area (Å²) in [6, 6.07) is 12.4. The van der Waals surface area contributed by atoms with Crippen molar-refractivity contribution in [2.45, 2.75) is 18.9 Å². The second-order valence-electron chi connectivity index (χ2n) is 6.33. The standard InChI is InChI=1S/C20H21ClN2O3/c1-22-19(25)17-11-14(7-8-18(17)21)13-4-2-5-15(10-13)20(26)23-9-3-6-16(23)12-24/h2,4-5,7-8,10-11,16,24H,3,6,9,12H2,1H3,(H,22,25). The molecule has 0 radical (unpaired) electrons. The van der Waals surface area contributed by atoms with Gasteiger partial charge in [-0.15, -0.1) is 0 Å². The minimum absolute atomic E-state index is 0.0158. The molecule has 1 atom stereocenters. The van der Waals surface area contributed by atoms with E-state index in [1.54, 1.807) is 30.1 Å². The van der Waals surface area contributed by atoms with Gasteiger partial charge in [-0.1, -0.05) is 29.8 Å². The van der Waals surface area contributed by atoms with Crippen LogP contribution in [0.2, 0.25) is 5.02 Å². The number of carbonyl (C=O) groups is 2. The number of nitrogens with zero attached hydrogens (tertiary/aromatic N) is 1. The molecule has 6 heteroatoms. The molecule has 1 aliphatic heterocycles. The van der Waals surface area contributed by atoms with Crippen molar-refractivity contribution in [3.63, 3.8) is 0 Å². The third kappa shape index (κ3) is 3.59. The molecule has 3 rings (SSSR count). The summed E-state index contributed by atoms with van der Waals surface area (Å²) in [5, 5.41) is 12.4. The summed E-state index contributed by atoms with van der Waals surface area (Å²) in [6.07, 6.45) is 1.73. The van der Waals surface area contributed by atoms with Crippen molar-refractivity contribution >= 4 is 23.4 Å². The van der Waals surface area contributed by atoms with Crippen LogP contribution in [0.25, 0.3) is 11.1 Å². The number of hydrogen-bond acceptors (Lipinski definition) is 3. The first-order valence-electron chi connectivity index (χ1n) is 8.59. The molecule has 2 aromatic rings. The fourth-order valence-corrected chi connectivity index (χ4v) is 3.51. The molecule has 1 fully saturated rings. The van der Waals surface area contributed by atoms with E-state index < -0.39 is 0 Å². The van der Waals surface area contributed by atoms with Crippen LogP contribution in [0.4, 0.5) is 0 Å². The highest BCUT2D eigenvalue weighted by Crippen LogP contribution is 2.27. The predicted octanol–water partition coefficient (Wildman–Crippen LogP) is 2.96. The van der Waals surface area contributed by atoms with Crippen LogP contribution < -0.4 is 5.32 Å². The zero-order chi connectivity index (χ0) is 18.7. The Morgan fingerprint density at radius 2 is 2.00 bits per heavy atom. The first kappa shape index (κ1) is 18.4. The Kier molecular flexibility index (Phi) is 5.59. The van der Waals surface area contributed by atoms with Gasteiger partial charge in [0.05, 0.1) is 23.2 Å². The molecule has 2 amide bonds. The average molecular weight is 373 g/mol. The molecule has 0 aromatic heterocycles. The molecule has 2 N–H and O–H groups in total. The van der Waals surface area contributed by atoms with Gasteiger partial charge in [0.1, 0.15) is 0 Å². The van der Waals surface area contributed by atoms with E-state index >= 15 is 0 Å². The lowest BCUT2D eigenvalue weighted by Crippen LogP contribution is -2.37. The molecule has 1 unspecified atom stereocenters. The summed E-state index contributed by atoms with van der Waals surface area (Å²) in [4.78, 5) is 26.5. The maximum absolute atomic E-state index is 12.8. The number of amides is 2. The van der Waals surface area contributed by atoms with Crippen molar-refractivity contribution < 1.29 is 14.7 Å². The molecule has 2 aromatic carbocycles. The maximum Gasteiger partial charge on any atom is 0.254 e. The number of aliphatic hydroxyl groups excluding tert-OH is 1. The van der Waals surface area contributed by atoms with Crippen molar-refractivity contribution in [2.75, 3.05) is 20.2 Å². The zero-order valence-corrected chi connectivity index (χ0v) is 15.3. The van der Waals surface area contributed by atoms with Gasteiger partial charge in [-0.2, -0.15) is 0 Å². The van der Waals surface area contributed by atoms with Gasteiger partial charge in [0.2, 0.25) is 0 Å². The highest BCUT2D eigenvalue weighted by molar-refractivity contribution is 6.34. The van der Waals surface area contributed by atoms with Crippen molar-refractivity contribution in [1.29, 1.82) is 0 Å². The van der Waals surface area contributed by atoms with E-state index in [0.717, 1.165) is 24.0 Å². The monoisotopic (exact) mass is 372 g/mol. The summed E-state index contributed by atoms with van der Waals surface area (Å²) in [7, 11) is 1.55. The summed E-state index contributed by atoms with van der Waals surface area (Å²) in [5.74, 6) is -0.337. The van der Waals surface area contributed by atoms with Crippen LogP contribution in [0.5, 0.6) is 0 Å². The van der Waals surface area contributed by atoms with Crippen LogP contribution in [-0.4, -0.2) is 48.1 Å². The van der Waals surface area contributed by atoms with Gasteiger partial charge in [0, 0.05) is 19.2 Å². The second kappa shape index (κ2) is 7.89. The van der Waals surface area contributed by atoms with E-state index in [-0.39, 0.29) is 24.5 Å². The molecular weight excluding hydrogens is 352 g/mol. The number of benzene rings is 2. The van der Waals surface area contributed by atoms with Crippen molar-refractivity contribution in [2.24, 2.45) is 0 Å². The second-order valence-corrected chi connectivity index (χ2v) is 6.74. The smallest absolute Gasteiger partial charge is 0.254 e. The van der Waals surface area contributed by atoms with Crippen molar-refractivity contribution in [3.8, 4) is 11.1 Å². The normalized spacial score (nSPS) is 16.6. The highest BCUT2D eigenvalue weighted by atomic mass is 35.5. The quantitative estimate of drug-likeness (QED) is 0.866. The molecule has 26 heavy (non-hydrogen) atoms. The Balaban J connectivity index is 1.93. The Morgan fingerprint density at radius 3 is 2.73 bits per heavy atom. The fraction of sp³-hybridized carbons (Fsp3) is 0.300. The van der Waals surface area contributed by atoms with E-state index in [2.05, 4.69) is 5.32 Å². The number of carbonyl (C=O) groups excluding carboxylic acids is 2. The number of nitrogens with one attached hydrogen (secondary N) is 1. The fourth-order valence-electron chi connectivity index (χ4n) is 3.30. The van der Waals surface area contributed by atoms with Gasteiger partial charge >= 0.3 is 0 Å². The SMILES string of the molecule is CNC(=O)c1cc(-c2cccc(C(=O)N3CCCC3CO)c2)ccc1Cl. The minimum Gasteiger partial charge on any atom is -0.394 e. The van der Waals surface area contributed by atoms with Gasteiger partial charge in [-0.25, -0.2) is 0 Å². The van der Waals surface area contributed by atoms with Gasteiger partial charge in [-0.05, 0) is 48.2 Å². The number of rotatable bonds is 4. The molecule has 0 saturated carbocycles. The van der Waals surface area contributed by atoms with E-state index in [9.17, 15) is 14.7 Å². The Bertz CT molecular complexity index is 838. The van der Waals surface area contributed by atoms with Crippen LogP contribution in [0.3, 0.4) is 0 Å². The lowest BCUT2D eigenvalue weighted by molar-refractivity contribution is 0.0677. The minimum atomic E-state index is -0.257. The van der Waals surface area contributed by atoms with E-state index in [1.165, 1.54) is 0 Å². The summed E-state index contributed by atoms with van der Waals surface area (Å²) < 4.78 is 0. The molecule has 0 bridgehead atoms. The lowest BCUT2D eigenvalue weighted by atomic mass is 10.00. The van der Waals surface area contributed by atoms with Crippen LogP contribution in [-0.2, 0) is 0 Å². The van der Waals surface area contributed by atoms with E-state index in [0.29, 0.717) is 22.7 Å². The third-order valence-corrected chi connectivity index (χ3v) is 5.06. The molecule has 5 nitrogen and oxygen atoms in total. The van der Waals surface area contributed by atoms with Crippen molar-refractivity contribution in [3.05, 3.63) is 58.6 Å². The third-order valence-electron chi connectivity index (χ3n) is 4.73. The highest BCUT2D eigenvalue weighted by Gasteiger charge is 2.28. The summed E-state index contributed by atoms with van der Waals surface area (Å²) in [5.41, 5.74) is 2.60. The van der Waals surface area contributed by atoms with Crippen molar-refractivity contribution in [1.82, 2.24) is 10.2 Å². The summed E-state index contributed by atoms with van der Waals surface area (Å²) in [6.45, 7) is 0.647. The molecular formula is C20H21ClN2O3. The van der Waals surface area contributed by atoms with Gasteiger partial charge in [0.25, 0.3) is 11.8 Å². The zero-order valence-electron chi connectivity index (χ0n) is 14.5. The van der Waals surface area contributed by atoms with Gasteiger partial charge in [0.15, 0.2) is 0 Å². The van der Waals surface area contributed by atoms with Gasteiger partial charge in [-0.3, -0.25) is 9.59 Å².